The van der Waals surface area contributed by atoms with Gasteiger partial charge in [0.25, 0.3) is 0 Å². The Morgan fingerprint density at radius 1 is 1.43 bits per heavy atom. The molecule has 1 heterocycles. The van der Waals surface area contributed by atoms with Gasteiger partial charge in [-0.2, -0.15) is 0 Å². The topological polar surface area (TPSA) is 33.1 Å². The van der Waals surface area contributed by atoms with Crippen molar-refractivity contribution in [1.82, 2.24) is 4.98 Å². The van der Waals surface area contributed by atoms with E-state index in [0.29, 0.717) is 0 Å². The van der Waals surface area contributed by atoms with Crippen LogP contribution in [0.1, 0.15) is 26.3 Å². The number of thioether (sulfide) groups is 1. The lowest BCUT2D eigenvalue weighted by atomic mass is 10.0. The maximum atomic E-state index is 9.09. The van der Waals surface area contributed by atoms with E-state index in [1.165, 1.54) is 0 Å². The predicted octanol–water partition coefficient (Wildman–Crippen LogP) is 2.71. The Bertz CT molecular complexity index is 294. The Hall–Kier alpha value is -0.540. The molecule has 0 atom stereocenters. The van der Waals surface area contributed by atoms with Crippen LogP contribution in [-0.2, 0) is 6.61 Å². The van der Waals surface area contributed by atoms with Gasteiger partial charge in [0.2, 0.25) is 0 Å². The molecule has 0 spiro atoms. The van der Waals surface area contributed by atoms with E-state index < -0.39 is 0 Å². The van der Waals surface area contributed by atoms with Crippen molar-refractivity contribution in [2.75, 3.05) is 5.75 Å². The van der Waals surface area contributed by atoms with Crippen LogP contribution in [0.5, 0.6) is 0 Å². The molecular weight excluding hydrogens is 194 g/mol. The van der Waals surface area contributed by atoms with Gasteiger partial charge in [-0.15, -0.1) is 11.8 Å². The molecule has 1 aromatic rings. The summed E-state index contributed by atoms with van der Waals surface area (Å²) in [5.74, 6) is 1.01. The molecule has 14 heavy (non-hydrogen) atoms. The second-order valence-electron chi connectivity index (χ2n) is 4.48. The third-order valence-electron chi connectivity index (χ3n) is 1.66. The van der Waals surface area contributed by atoms with E-state index in [4.69, 9.17) is 5.11 Å². The van der Waals surface area contributed by atoms with Crippen LogP contribution >= 0.6 is 11.8 Å². The van der Waals surface area contributed by atoms with Gasteiger partial charge >= 0.3 is 0 Å². The first-order chi connectivity index (χ1) is 6.53. The first-order valence-electron chi connectivity index (χ1n) is 4.70. The first-order valence-corrected chi connectivity index (χ1v) is 5.69. The van der Waals surface area contributed by atoms with Crippen LogP contribution in [0.3, 0.4) is 0 Å². The monoisotopic (exact) mass is 211 g/mol. The van der Waals surface area contributed by atoms with E-state index >= 15 is 0 Å². The largest absolute Gasteiger partial charge is 0.392 e. The van der Waals surface area contributed by atoms with Crippen LogP contribution in [0.2, 0.25) is 0 Å². The molecule has 0 aliphatic rings. The fraction of sp³-hybridized carbons (Fsp3) is 0.545. The molecule has 0 aliphatic carbocycles. The van der Waals surface area contributed by atoms with E-state index in [9.17, 15) is 0 Å². The second-order valence-corrected chi connectivity index (χ2v) is 5.44. The molecule has 0 saturated carbocycles. The van der Waals surface area contributed by atoms with Gasteiger partial charge in [0.05, 0.1) is 6.61 Å². The maximum Gasteiger partial charge on any atom is 0.101 e. The predicted molar refractivity (Wildman–Crippen MR) is 60.3 cm³/mol. The van der Waals surface area contributed by atoms with Crippen LogP contribution in [0.4, 0.5) is 0 Å². The molecule has 0 amide bonds. The maximum absolute atomic E-state index is 9.09. The quantitative estimate of drug-likeness (QED) is 0.780. The van der Waals surface area contributed by atoms with Crippen molar-refractivity contribution in [3.05, 3.63) is 23.9 Å². The molecule has 0 aromatic carbocycles. The van der Waals surface area contributed by atoms with E-state index in [1.54, 1.807) is 18.0 Å². The molecule has 78 valence electrons. The van der Waals surface area contributed by atoms with E-state index in [2.05, 4.69) is 25.8 Å². The van der Waals surface area contributed by atoms with E-state index in [-0.39, 0.29) is 12.0 Å². The van der Waals surface area contributed by atoms with Gasteiger partial charge in [0, 0.05) is 17.5 Å². The first kappa shape index (κ1) is 11.5. The van der Waals surface area contributed by atoms with Crippen LogP contribution in [-0.4, -0.2) is 15.8 Å². The summed E-state index contributed by atoms with van der Waals surface area (Å²) in [6.07, 6.45) is 1.77. The minimum Gasteiger partial charge on any atom is -0.392 e. The second kappa shape index (κ2) is 4.80. The Kier molecular flexibility index (Phi) is 3.96. The average Bonchev–Trinajstić information content (AvgIpc) is 2.14. The van der Waals surface area contributed by atoms with Crippen LogP contribution < -0.4 is 0 Å². The Labute approximate surface area is 89.8 Å². The number of hydrogen-bond donors (Lipinski definition) is 1. The number of aliphatic hydroxyl groups excluding tert-OH is 1. The zero-order valence-corrected chi connectivity index (χ0v) is 9.77. The van der Waals surface area contributed by atoms with Crippen molar-refractivity contribution in [2.24, 2.45) is 5.41 Å². The van der Waals surface area contributed by atoms with Gasteiger partial charge in [-0.05, 0) is 11.5 Å². The normalized spacial score (nSPS) is 11.7. The summed E-state index contributed by atoms with van der Waals surface area (Å²) in [6, 6.07) is 3.77. The molecule has 0 bridgehead atoms. The van der Waals surface area contributed by atoms with Crippen molar-refractivity contribution >= 4 is 11.8 Å². The smallest absolute Gasteiger partial charge is 0.101 e. The van der Waals surface area contributed by atoms with Crippen molar-refractivity contribution in [1.29, 1.82) is 0 Å². The van der Waals surface area contributed by atoms with Crippen molar-refractivity contribution in [2.45, 2.75) is 32.4 Å². The van der Waals surface area contributed by atoms with Gasteiger partial charge in [-0.25, -0.2) is 4.98 Å². The highest BCUT2D eigenvalue weighted by Gasteiger charge is 2.12. The fourth-order valence-corrected chi connectivity index (χ4v) is 1.98. The zero-order valence-electron chi connectivity index (χ0n) is 8.95. The minimum absolute atomic E-state index is 0.0698. The summed E-state index contributed by atoms with van der Waals surface area (Å²) < 4.78 is 0. The van der Waals surface area contributed by atoms with Gasteiger partial charge < -0.3 is 5.11 Å². The molecule has 1 aromatic heterocycles. The molecule has 0 unspecified atom stereocenters. The van der Waals surface area contributed by atoms with E-state index in [1.807, 2.05) is 12.1 Å². The van der Waals surface area contributed by atoms with E-state index in [0.717, 1.165) is 16.3 Å². The van der Waals surface area contributed by atoms with Crippen LogP contribution in [0.15, 0.2) is 23.4 Å². The number of aliphatic hydroxyl groups is 1. The Morgan fingerprint density at radius 2 is 2.14 bits per heavy atom. The Morgan fingerprint density at radius 3 is 2.71 bits per heavy atom. The highest BCUT2D eigenvalue weighted by molar-refractivity contribution is 7.99. The fourth-order valence-electron chi connectivity index (χ4n) is 0.959. The number of hydrogen-bond acceptors (Lipinski definition) is 3. The highest BCUT2D eigenvalue weighted by Crippen LogP contribution is 2.27. The van der Waals surface area contributed by atoms with Crippen molar-refractivity contribution < 1.29 is 5.11 Å². The highest BCUT2D eigenvalue weighted by atomic mass is 32.2. The number of pyridine rings is 1. The summed E-state index contributed by atoms with van der Waals surface area (Å²) in [6.45, 7) is 6.66. The third kappa shape index (κ3) is 3.68. The molecule has 0 saturated heterocycles. The zero-order chi connectivity index (χ0) is 10.6. The van der Waals surface area contributed by atoms with Crippen molar-refractivity contribution in [3.63, 3.8) is 0 Å². The summed E-state index contributed by atoms with van der Waals surface area (Å²) in [5, 5.41) is 10.0. The molecule has 3 heteroatoms. The number of aromatic nitrogens is 1. The van der Waals surface area contributed by atoms with Crippen LogP contribution in [0.25, 0.3) is 0 Å². The molecule has 0 aliphatic heterocycles. The molecule has 1 N–H and O–H groups in total. The van der Waals surface area contributed by atoms with Crippen molar-refractivity contribution in [3.8, 4) is 0 Å². The average molecular weight is 211 g/mol. The summed E-state index contributed by atoms with van der Waals surface area (Å²) in [7, 11) is 0. The summed E-state index contributed by atoms with van der Waals surface area (Å²) >= 11 is 1.71. The lowest BCUT2D eigenvalue weighted by Crippen LogP contribution is -2.08. The number of nitrogens with zero attached hydrogens (tertiary/aromatic N) is 1. The molecule has 2 nitrogen and oxygen atoms in total. The minimum atomic E-state index is 0.0698. The molecule has 1 rings (SSSR count). The van der Waals surface area contributed by atoms with Gasteiger partial charge in [-0.3, -0.25) is 0 Å². The molecule has 0 radical (unpaired) electrons. The Balaban J connectivity index is 2.67. The SMILES string of the molecule is CC(C)(C)CSc1ncccc1CO. The molecule has 0 fully saturated rings. The summed E-state index contributed by atoms with van der Waals surface area (Å²) in [4.78, 5) is 4.26. The van der Waals surface area contributed by atoms with Gasteiger partial charge in [-0.1, -0.05) is 26.8 Å². The van der Waals surface area contributed by atoms with Gasteiger partial charge in [0.15, 0.2) is 0 Å². The number of rotatable bonds is 3. The van der Waals surface area contributed by atoms with Gasteiger partial charge in [0.1, 0.15) is 5.03 Å². The summed E-state index contributed by atoms with van der Waals surface area (Å²) in [5.41, 5.74) is 1.20. The van der Waals surface area contributed by atoms with Crippen LogP contribution in [0, 0.1) is 5.41 Å². The molecular formula is C11H17NOS. The third-order valence-corrected chi connectivity index (χ3v) is 3.31. The lowest BCUT2D eigenvalue weighted by molar-refractivity contribution is 0.278. The lowest BCUT2D eigenvalue weighted by Gasteiger charge is -2.17. The standard InChI is InChI=1S/C11H17NOS/c1-11(2,3)8-14-10-9(7-13)5-4-6-12-10/h4-6,13H,7-8H2,1-3H3.